The van der Waals surface area contributed by atoms with E-state index in [0.717, 1.165) is 6.26 Å². The second-order valence-electron chi connectivity index (χ2n) is 4.69. The molecule has 0 aromatic heterocycles. The first-order chi connectivity index (χ1) is 9.21. The van der Waals surface area contributed by atoms with E-state index in [2.05, 4.69) is 0 Å². The van der Waals surface area contributed by atoms with E-state index in [-0.39, 0.29) is 41.5 Å². The molecule has 0 saturated carbocycles. The van der Waals surface area contributed by atoms with Crippen molar-refractivity contribution in [3.05, 3.63) is 24.3 Å². The normalized spacial score (nSPS) is 18.1. The number of sulfonamides is 1. The number of ketones is 1. The third-order valence-corrected chi connectivity index (χ3v) is 6.21. The van der Waals surface area contributed by atoms with Crippen molar-refractivity contribution in [1.82, 2.24) is 4.31 Å². The zero-order chi connectivity index (χ0) is 15.0. The van der Waals surface area contributed by atoms with Crippen LogP contribution in [0.2, 0.25) is 0 Å². The smallest absolute Gasteiger partial charge is 0.243 e. The van der Waals surface area contributed by atoms with Gasteiger partial charge in [-0.2, -0.15) is 4.31 Å². The van der Waals surface area contributed by atoms with Crippen LogP contribution in [0, 0.1) is 0 Å². The Bertz CT molecular complexity index is 710. The van der Waals surface area contributed by atoms with Crippen LogP contribution in [-0.4, -0.2) is 46.3 Å². The Labute approximate surface area is 118 Å². The molecule has 2 rings (SSSR count). The number of piperidine rings is 1. The zero-order valence-corrected chi connectivity index (χ0v) is 12.6. The number of hydrogen-bond donors (Lipinski definition) is 0. The van der Waals surface area contributed by atoms with Gasteiger partial charge in [0.15, 0.2) is 9.84 Å². The second-order valence-corrected chi connectivity index (χ2v) is 8.64. The fourth-order valence-electron chi connectivity index (χ4n) is 1.98. The first-order valence-electron chi connectivity index (χ1n) is 6.03. The lowest BCUT2D eigenvalue weighted by Crippen LogP contribution is -2.38. The minimum absolute atomic E-state index is 0.0410. The van der Waals surface area contributed by atoms with Gasteiger partial charge in [-0.1, -0.05) is 0 Å². The van der Waals surface area contributed by atoms with Crippen LogP contribution in [0.5, 0.6) is 0 Å². The van der Waals surface area contributed by atoms with E-state index in [1.54, 1.807) is 0 Å². The highest BCUT2D eigenvalue weighted by Crippen LogP contribution is 2.21. The van der Waals surface area contributed by atoms with Gasteiger partial charge in [0.2, 0.25) is 10.0 Å². The third-order valence-electron chi connectivity index (χ3n) is 3.17. The minimum atomic E-state index is -3.66. The van der Waals surface area contributed by atoms with Crippen LogP contribution >= 0.6 is 0 Å². The van der Waals surface area contributed by atoms with Crippen molar-refractivity contribution in [1.29, 1.82) is 0 Å². The van der Waals surface area contributed by atoms with E-state index >= 15 is 0 Å². The average Bonchev–Trinajstić information content (AvgIpc) is 2.38. The Kier molecular flexibility index (Phi) is 3.99. The summed E-state index contributed by atoms with van der Waals surface area (Å²) in [5.74, 6) is 0.0591. The summed E-state index contributed by atoms with van der Waals surface area (Å²) < 4.78 is 48.6. The van der Waals surface area contributed by atoms with Crippen molar-refractivity contribution in [3.63, 3.8) is 0 Å². The SMILES string of the molecule is CS(=O)(=O)c1ccc(S(=O)(=O)N2CCC(=O)CC2)cc1. The molecule has 1 fully saturated rings. The van der Waals surface area contributed by atoms with Gasteiger partial charge < -0.3 is 0 Å². The standard InChI is InChI=1S/C12H15NO5S2/c1-19(15,16)11-2-4-12(5-3-11)20(17,18)13-8-6-10(14)7-9-13/h2-5H,6-9H2,1H3. The van der Waals surface area contributed by atoms with Gasteiger partial charge in [-0.15, -0.1) is 0 Å². The first-order valence-corrected chi connectivity index (χ1v) is 9.36. The molecule has 0 atom stereocenters. The van der Waals surface area contributed by atoms with Crippen LogP contribution < -0.4 is 0 Å². The van der Waals surface area contributed by atoms with Crippen LogP contribution in [0.3, 0.4) is 0 Å². The molecule has 1 aliphatic heterocycles. The van der Waals surface area contributed by atoms with Gasteiger partial charge in [0, 0.05) is 32.2 Å². The summed E-state index contributed by atoms with van der Waals surface area (Å²) in [4.78, 5) is 11.3. The fraction of sp³-hybridized carbons (Fsp3) is 0.417. The fourth-order valence-corrected chi connectivity index (χ4v) is 4.06. The number of hydrogen-bond acceptors (Lipinski definition) is 5. The molecule has 0 aliphatic carbocycles. The van der Waals surface area contributed by atoms with Crippen molar-refractivity contribution in [2.75, 3.05) is 19.3 Å². The van der Waals surface area contributed by atoms with E-state index in [4.69, 9.17) is 0 Å². The highest BCUT2D eigenvalue weighted by atomic mass is 32.2. The predicted molar refractivity (Wildman–Crippen MR) is 72.6 cm³/mol. The molecule has 1 aromatic rings. The van der Waals surface area contributed by atoms with Gasteiger partial charge in [-0.05, 0) is 24.3 Å². The molecule has 1 saturated heterocycles. The Morgan fingerprint density at radius 1 is 0.900 bits per heavy atom. The van der Waals surface area contributed by atoms with E-state index < -0.39 is 19.9 Å². The Hall–Kier alpha value is -1.25. The van der Waals surface area contributed by atoms with Crippen molar-refractivity contribution >= 4 is 25.6 Å². The summed E-state index contributed by atoms with van der Waals surface area (Å²) in [5, 5.41) is 0. The maximum Gasteiger partial charge on any atom is 0.243 e. The molecule has 1 aliphatic rings. The first kappa shape index (κ1) is 15.1. The largest absolute Gasteiger partial charge is 0.300 e. The number of carbonyl (C=O) groups is 1. The van der Waals surface area contributed by atoms with Crippen molar-refractivity contribution in [2.24, 2.45) is 0 Å². The van der Waals surface area contributed by atoms with Gasteiger partial charge in [-0.3, -0.25) is 4.79 Å². The predicted octanol–water partition coefficient (Wildman–Crippen LogP) is 0.444. The summed E-state index contributed by atoms with van der Waals surface area (Å²) in [7, 11) is -7.01. The molecular weight excluding hydrogens is 302 g/mol. The highest BCUT2D eigenvalue weighted by Gasteiger charge is 2.28. The quantitative estimate of drug-likeness (QED) is 0.807. The van der Waals surface area contributed by atoms with Crippen LogP contribution in [0.1, 0.15) is 12.8 Å². The number of Topliss-reactive ketones (excluding diaryl/α,β-unsaturated/α-hetero) is 1. The highest BCUT2D eigenvalue weighted by molar-refractivity contribution is 7.90. The number of nitrogens with zero attached hydrogens (tertiary/aromatic N) is 1. The lowest BCUT2D eigenvalue weighted by atomic mass is 10.1. The molecular formula is C12H15NO5S2. The Morgan fingerprint density at radius 2 is 1.35 bits per heavy atom. The summed E-state index contributed by atoms with van der Waals surface area (Å²) in [6, 6.07) is 5.11. The summed E-state index contributed by atoms with van der Waals surface area (Å²) in [6.07, 6.45) is 1.51. The average molecular weight is 317 g/mol. The van der Waals surface area contributed by atoms with E-state index in [1.807, 2.05) is 0 Å². The van der Waals surface area contributed by atoms with E-state index in [9.17, 15) is 21.6 Å². The lowest BCUT2D eigenvalue weighted by Gasteiger charge is -2.25. The summed E-state index contributed by atoms with van der Waals surface area (Å²) in [6.45, 7) is 0.351. The van der Waals surface area contributed by atoms with Crippen LogP contribution in [0.4, 0.5) is 0 Å². The Morgan fingerprint density at radius 3 is 1.80 bits per heavy atom. The molecule has 0 unspecified atom stereocenters. The molecule has 0 radical (unpaired) electrons. The van der Waals surface area contributed by atoms with Crippen molar-refractivity contribution in [2.45, 2.75) is 22.6 Å². The van der Waals surface area contributed by atoms with Gasteiger partial charge in [0.05, 0.1) is 9.79 Å². The maximum absolute atomic E-state index is 12.3. The van der Waals surface area contributed by atoms with Crippen molar-refractivity contribution < 1.29 is 21.6 Å². The third kappa shape index (κ3) is 3.08. The topological polar surface area (TPSA) is 88.6 Å². The van der Waals surface area contributed by atoms with Gasteiger partial charge >= 0.3 is 0 Å². The Balaban J connectivity index is 2.28. The second kappa shape index (κ2) is 5.27. The van der Waals surface area contributed by atoms with Crippen LogP contribution in [-0.2, 0) is 24.7 Å². The molecule has 0 bridgehead atoms. The molecule has 20 heavy (non-hydrogen) atoms. The molecule has 1 aromatic carbocycles. The summed E-state index contributed by atoms with van der Waals surface area (Å²) >= 11 is 0. The molecule has 110 valence electrons. The number of sulfone groups is 1. The molecule has 0 amide bonds. The van der Waals surface area contributed by atoms with Crippen LogP contribution in [0.25, 0.3) is 0 Å². The number of carbonyl (C=O) groups excluding carboxylic acids is 1. The molecule has 8 heteroatoms. The minimum Gasteiger partial charge on any atom is -0.300 e. The molecule has 0 N–H and O–H groups in total. The number of benzene rings is 1. The molecule has 0 spiro atoms. The summed E-state index contributed by atoms with van der Waals surface area (Å²) in [5.41, 5.74) is 0. The van der Waals surface area contributed by atoms with E-state index in [0.29, 0.717) is 0 Å². The molecule has 1 heterocycles. The number of rotatable bonds is 3. The molecule has 6 nitrogen and oxygen atoms in total. The lowest BCUT2D eigenvalue weighted by molar-refractivity contribution is -0.120. The maximum atomic E-state index is 12.3. The monoisotopic (exact) mass is 317 g/mol. The van der Waals surface area contributed by atoms with E-state index in [1.165, 1.54) is 28.6 Å². The van der Waals surface area contributed by atoms with Gasteiger partial charge in [0.25, 0.3) is 0 Å². The van der Waals surface area contributed by atoms with Crippen molar-refractivity contribution in [3.8, 4) is 0 Å². The van der Waals surface area contributed by atoms with Gasteiger partial charge in [0.1, 0.15) is 5.78 Å². The van der Waals surface area contributed by atoms with Gasteiger partial charge in [-0.25, -0.2) is 16.8 Å². The zero-order valence-electron chi connectivity index (χ0n) is 10.9. The van der Waals surface area contributed by atoms with Crippen LogP contribution in [0.15, 0.2) is 34.1 Å².